The Balaban J connectivity index is 1.75. The highest BCUT2D eigenvalue weighted by molar-refractivity contribution is 5.98. The maximum Gasteiger partial charge on any atom is 0.269 e. The van der Waals surface area contributed by atoms with Crippen LogP contribution in [0.15, 0.2) is 30.5 Å². The molecule has 8 nitrogen and oxygen atoms in total. The number of aryl methyl sites for hydroxylation is 1. The molecule has 1 aliphatic heterocycles. The van der Waals surface area contributed by atoms with Crippen LogP contribution in [0.3, 0.4) is 0 Å². The fourth-order valence-electron chi connectivity index (χ4n) is 3.61. The largest absolute Gasteiger partial charge is 0.380 e. The zero-order chi connectivity index (χ0) is 19.7. The third-order valence-corrected chi connectivity index (χ3v) is 5.13. The highest BCUT2D eigenvalue weighted by atomic mass is 16.5. The molecule has 1 aromatic carbocycles. The Morgan fingerprint density at radius 1 is 1.43 bits per heavy atom. The highest BCUT2D eigenvalue weighted by Crippen LogP contribution is 2.28. The Bertz CT molecular complexity index is 1020. The molecule has 28 heavy (non-hydrogen) atoms. The molecule has 2 aromatic heterocycles. The topological polar surface area (TPSA) is 132 Å². The summed E-state index contributed by atoms with van der Waals surface area (Å²) in [6.45, 7) is 3.25. The van der Waals surface area contributed by atoms with Gasteiger partial charge in [0.2, 0.25) is 0 Å². The summed E-state index contributed by atoms with van der Waals surface area (Å²) < 4.78 is 5.38. The summed E-state index contributed by atoms with van der Waals surface area (Å²) in [5.41, 5.74) is 15.1. The van der Waals surface area contributed by atoms with E-state index in [1.54, 1.807) is 0 Å². The minimum absolute atomic E-state index is 0.0322. The van der Waals surface area contributed by atoms with Crippen molar-refractivity contribution >= 4 is 22.6 Å². The number of fused-ring (bicyclic) bond motifs is 1. The zero-order valence-electron chi connectivity index (χ0n) is 15.7. The molecule has 1 amide bonds. The summed E-state index contributed by atoms with van der Waals surface area (Å²) in [5, 5.41) is 4.42. The van der Waals surface area contributed by atoms with Crippen molar-refractivity contribution in [1.29, 1.82) is 0 Å². The Morgan fingerprint density at radius 3 is 3.04 bits per heavy atom. The normalized spacial score (nSPS) is 19.6. The van der Waals surface area contributed by atoms with Gasteiger partial charge in [0, 0.05) is 29.6 Å². The number of nitrogens with one attached hydrogen (secondary N) is 2. The number of nitrogens with two attached hydrogens (primary N) is 2. The van der Waals surface area contributed by atoms with E-state index in [2.05, 4.69) is 33.3 Å². The molecule has 6 N–H and O–H groups in total. The van der Waals surface area contributed by atoms with Gasteiger partial charge in [0.25, 0.3) is 5.91 Å². The first-order chi connectivity index (χ1) is 13.6. The molecule has 2 unspecified atom stereocenters. The Kier molecular flexibility index (Phi) is 4.97. The number of primary amides is 1. The first-order valence-corrected chi connectivity index (χ1v) is 9.44. The van der Waals surface area contributed by atoms with Crippen LogP contribution in [0.5, 0.6) is 0 Å². The van der Waals surface area contributed by atoms with Crippen LogP contribution in [0.1, 0.15) is 29.4 Å². The van der Waals surface area contributed by atoms with Crippen molar-refractivity contribution in [1.82, 2.24) is 15.0 Å². The second kappa shape index (κ2) is 7.57. The van der Waals surface area contributed by atoms with Crippen molar-refractivity contribution in [3.8, 4) is 11.4 Å². The summed E-state index contributed by atoms with van der Waals surface area (Å²) in [4.78, 5) is 24.2. The molecule has 3 heterocycles. The third-order valence-electron chi connectivity index (χ3n) is 5.13. The number of benzene rings is 1. The van der Waals surface area contributed by atoms with E-state index < -0.39 is 5.91 Å². The SMILES string of the molecule is CCc1cccc2[nH]c(-c3nc(NC4CCOCC4N)cnc3C(N)=O)cc12. The number of hydrogen-bond donors (Lipinski definition) is 4. The first kappa shape index (κ1) is 18.4. The van der Waals surface area contributed by atoms with E-state index in [4.69, 9.17) is 16.2 Å². The molecule has 4 rings (SSSR count). The van der Waals surface area contributed by atoms with Crippen LogP contribution in [-0.2, 0) is 11.2 Å². The number of carbonyl (C=O) groups excluding carboxylic acids is 1. The summed E-state index contributed by atoms with van der Waals surface area (Å²) in [7, 11) is 0. The van der Waals surface area contributed by atoms with Gasteiger partial charge in [0.15, 0.2) is 5.69 Å². The average Bonchev–Trinajstić information content (AvgIpc) is 3.14. The van der Waals surface area contributed by atoms with Gasteiger partial charge in [-0.3, -0.25) is 4.79 Å². The van der Waals surface area contributed by atoms with Gasteiger partial charge < -0.3 is 26.5 Å². The predicted molar refractivity (Wildman–Crippen MR) is 108 cm³/mol. The minimum atomic E-state index is -0.619. The number of ether oxygens (including phenoxy) is 1. The van der Waals surface area contributed by atoms with Crippen LogP contribution in [0.25, 0.3) is 22.3 Å². The second-order valence-electron chi connectivity index (χ2n) is 7.01. The van der Waals surface area contributed by atoms with Crippen molar-refractivity contribution in [2.45, 2.75) is 31.8 Å². The molecule has 1 fully saturated rings. The average molecular weight is 380 g/mol. The Morgan fingerprint density at radius 2 is 2.29 bits per heavy atom. The lowest BCUT2D eigenvalue weighted by Gasteiger charge is -2.29. The number of nitrogens with zero attached hydrogens (tertiary/aromatic N) is 2. The second-order valence-corrected chi connectivity index (χ2v) is 7.01. The molecule has 0 radical (unpaired) electrons. The molecule has 1 aliphatic rings. The standard InChI is InChI=1S/C20H24N6O2/c1-2-11-4-3-5-14-12(11)8-16(24-14)18-19(20(22)27)23-9-17(26-18)25-15-6-7-28-10-13(15)21/h3-5,8-9,13,15,24H,2,6-7,10,21H2,1H3,(H2,22,27)(H,25,26). The van der Waals surface area contributed by atoms with Crippen LogP contribution >= 0.6 is 0 Å². The number of aromatic nitrogens is 3. The molecule has 146 valence electrons. The summed E-state index contributed by atoms with van der Waals surface area (Å²) in [6.07, 6.45) is 3.21. The third kappa shape index (κ3) is 3.44. The van der Waals surface area contributed by atoms with E-state index in [0.717, 1.165) is 23.7 Å². The molecule has 0 aliphatic carbocycles. The number of anilines is 1. The number of hydrogen-bond acceptors (Lipinski definition) is 6. The van der Waals surface area contributed by atoms with E-state index in [-0.39, 0.29) is 17.8 Å². The lowest BCUT2D eigenvalue weighted by Crippen LogP contribution is -2.47. The monoisotopic (exact) mass is 380 g/mol. The number of amides is 1. The van der Waals surface area contributed by atoms with Crippen LogP contribution in [0.4, 0.5) is 5.82 Å². The van der Waals surface area contributed by atoms with Gasteiger partial charge in [-0.1, -0.05) is 19.1 Å². The molecule has 2 atom stereocenters. The zero-order valence-corrected chi connectivity index (χ0v) is 15.7. The number of carbonyl (C=O) groups is 1. The molecule has 8 heteroatoms. The summed E-state index contributed by atoms with van der Waals surface area (Å²) >= 11 is 0. The molecule has 0 saturated carbocycles. The van der Waals surface area contributed by atoms with Gasteiger partial charge >= 0.3 is 0 Å². The van der Waals surface area contributed by atoms with E-state index in [1.165, 1.54) is 11.8 Å². The van der Waals surface area contributed by atoms with Crippen molar-refractivity contribution in [3.63, 3.8) is 0 Å². The molecule has 0 bridgehead atoms. The highest BCUT2D eigenvalue weighted by Gasteiger charge is 2.24. The fourth-order valence-corrected chi connectivity index (χ4v) is 3.61. The van der Waals surface area contributed by atoms with Crippen LogP contribution in [0, 0.1) is 0 Å². The molecular weight excluding hydrogens is 356 g/mol. The lowest BCUT2D eigenvalue weighted by atomic mass is 10.0. The molecular formula is C20H24N6O2. The molecule has 0 spiro atoms. The Labute approximate surface area is 162 Å². The summed E-state index contributed by atoms with van der Waals surface area (Å²) in [6, 6.07) is 7.99. The van der Waals surface area contributed by atoms with Crippen molar-refractivity contribution in [2.75, 3.05) is 18.5 Å². The number of rotatable bonds is 5. The predicted octanol–water partition coefficient (Wildman–Crippen LogP) is 1.81. The van der Waals surface area contributed by atoms with Crippen LogP contribution < -0.4 is 16.8 Å². The number of H-pyrrole nitrogens is 1. The van der Waals surface area contributed by atoms with Crippen molar-refractivity contribution < 1.29 is 9.53 Å². The van der Waals surface area contributed by atoms with Gasteiger partial charge in [-0.05, 0) is 30.5 Å². The van der Waals surface area contributed by atoms with E-state index in [1.807, 2.05) is 18.2 Å². The quantitative estimate of drug-likeness (QED) is 0.534. The van der Waals surface area contributed by atoms with Crippen molar-refractivity contribution in [3.05, 3.63) is 41.7 Å². The van der Waals surface area contributed by atoms with E-state index in [9.17, 15) is 4.79 Å². The Hall–Kier alpha value is -2.97. The maximum atomic E-state index is 11.9. The van der Waals surface area contributed by atoms with Crippen molar-refractivity contribution in [2.24, 2.45) is 11.5 Å². The summed E-state index contributed by atoms with van der Waals surface area (Å²) in [5.74, 6) is -0.0667. The number of aromatic amines is 1. The minimum Gasteiger partial charge on any atom is -0.380 e. The van der Waals surface area contributed by atoms with Gasteiger partial charge in [0.05, 0.1) is 18.5 Å². The van der Waals surface area contributed by atoms with Gasteiger partial charge in [-0.25, -0.2) is 9.97 Å². The maximum absolute atomic E-state index is 11.9. The fraction of sp³-hybridized carbons (Fsp3) is 0.350. The first-order valence-electron chi connectivity index (χ1n) is 9.44. The van der Waals surface area contributed by atoms with Crippen LogP contribution in [-0.4, -0.2) is 46.2 Å². The van der Waals surface area contributed by atoms with Crippen LogP contribution in [0.2, 0.25) is 0 Å². The molecule has 1 saturated heterocycles. The van der Waals surface area contributed by atoms with Gasteiger partial charge in [-0.15, -0.1) is 0 Å². The lowest BCUT2D eigenvalue weighted by molar-refractivity contribution is 0.0752. The smallest absolute Gasteiger partial charge is 0.269 e. The van der Waals surface area contributed by atoms with E-state index >= 15 is 0 Å². The van der Waals surface area contributed by atoms with Gasteiger partial charge in [-0.2, -0.15) is 0 Å². The van der Waals surface area contributed by atoms with Gasteiger partial charge in [0.1, 0.15) is 11.5 Å². The molecule has 3 aromatic rings. The van der Waals surface area contributed by atoms with E-state index in [0.29, 0.717) is 30.4 Å².